The molecule has 1 rings (SSSR count). The summed E-state index contributed by atoms with van der Waals surface area (Å²) in [5.74, 6) is 0. The number of hydrogen-bond acceptors (Lipinski definition) is 1. The van der Waals surface area contributed by atoms with Crippen molar-refractivity contribution < 1.29 is 13.6 Å². The number of alkyl halides is 2. The second-order valence-corrected chi connectivity index (χ2v) is 2.42. The van der Waals surface area contributed by atoms with Gasteiger partial charge in [-0.2, -0.15) is 0 Å². The van der Waals surface area contributed by atoms with Crippen molar-refractivity contribution in [2.24, 2.45) is 0 Å². The summed E-state index contributed by atoms with van der Waals surface area (Å²) in [6, 6.07) is 6.08. The lowest BCUT2D eigenvalue weighted by Crippen LogP contribution is -1.87. The van der Waals surface area contributed by atoms with Crippen molar-refractivity contribution in [3.63, 3.8) is 0 Å². The van der Waals surface area contributed by atoms with E-state index < -0.39 is 6.43 Å². The van der Waals surface area contributed by atoms with E-state index in [1.165, 1.54) is 18.2 Å². The number of aldehydes is 1. The smallest absolute Gasteiger partial charge is 0.264 e. The Labute approximate surface area is 74.7 Å². The lowest BCUT2D eigenvalue weighted by Gasteiger charge is -2.02. The zero-order valence-corrected chi connectivity index (χ0v) is 6.78. The zero-order valence-electron chi connectivity index (χ0n) is 6.78. The highest BCUT2D eigenvalue weighted by atomic mass is 19.3. The predicted molar refractivity (Wildman–Crippen MR) is 46.5 cm³/mol. The van der Waals surface area contributed by atoms with Crippen LogP contribution in [0.5, 0.6) is 0 Å². The molecule has 0 radical (unpaired) electrons. The molecule has 1 aromatic carbocycles. The van der Waals surface area contributed by atoms with Crippen LogP contribution in [0.1, 0.15) is 17.6 Å². The summed E-state index contributed by atoms with van der Waals surface area (Å²) in [6.45, 7) is 0. The maximum Gasteiger partial charge on any atom is 0.264 e. The molecule has 0 aromatic heterocycles. The predicted octanol–water partition coefficient (Wildman–Crippen LogP) is 2.84. The minimum Gasteiger partial charge on any atom is -0.299 e. The Balaban J connectivity index is 3.04. The third kappa shape index (κ3) is 2.47. The highest BCUT2D eigenvalue weighted by Gasteiger charge is 2.09. The van der Waals surface area contributed by atoms with Crippen LogP contribution in [0.4, 0.5) is 8.78 Å². The number of carbonyl (C=O) groups excluding carboxylic acids is 1. The first kappa shape index (κ1) is 9.58. The summed E-state index contributed by atoms with van der Waals surface area (Å²) in [6.07, 6.45) is 0.616. The van der Waals surface area contributed by atoms with E-state index in [4.69, 9.17) is 0 Å². The molecule has 1 aromatic rings. The molecule has 0 aliphatic rings. The van der Waals surface area contributed by atoms with Crippen molar-refractivity contribution in [2.75, 3.05) is 0 Å². The topological polar surface area (TPSA) is 17.1 Å². The molecule has 0 fully saturated rings. The molecule has 0 unspecified atom stereocenters. The van der Waals surface area contributed by atoms with Crippen molar-refractivity contribution in [3.05, 3.63) is 41.5 Å². The first-order chi connectivity index (χ1) is 6.25. The van der Waals surface area contributed by atoms with E-state index in [0.29, 0.717) is 11.8 Å². The summed E-state index contributed by atoms with van der Waals surface area (Å²) < 4.78 is 24.7. The minimum atomic E-state index is -2.51. The highest BCUT2D eigenvalue weighted by molar-refractivity contribution is 5.74. The first-order valence-electron chi connectivity index (χ1n) is 3.74. The molecule has 0 atom stereocenters. The Kier molecular flexibility index (Phi) is 3.31. The van der Waals surface area contributed by atoms with Gasteiger partial charge in [-0.25, -0.2) is 8.78 Å². The fourth-order valence-corrected chi connectivity index (χ4v) is 1.00. The largest absolute Gasteiger partial charge is 0.299 e. The maximum absolute atomic E-state index is 12.3. The van der Waals surface area contributed by atoms with Gasteiger partial charge in [0.05, 0.1) is 0 Å². The van der Waals surface area contributed by atoms with E-state index in [1.54, 1.807) is 18.2 Å². The van der Waals surface area contributed by atoms with Crippen LogP contribution in [0, 0.1) is 0 Å². The van der Waals surface area contributed by atoms with E-state index in [0.717, 1.165) is 0 Å². The third-order valence-corrected chi connectivity index (χ3v) is 1.59. The van der Waals surface area contributed by atoms with Gasteiger partial charge in [0, 0.05) is 5.56 Å². The van der Waals surface area contributed by atoms with Crippen LogP contribution in [-0.4, -0.2) is 6.29 Å². The SMILES string of the molecule is O=C/C=C/c1ccccc1C(F)F. The quantitative estimate of drug-likeness (QED) is 0.519. The van der Waals surface area contributed by atoms with Gasteiger partial charge < -0.3 is 0 Å². The van der Waals surface area contributed by atoms with Gasteiger partial charge in [-0.3, -0.25) is 4.79 Å². The molecule has 3 heteroatoms. The number of hydrogen-bond donors (Lipinski definition) is 0. The molecule has 13 heavy (non-hydrogen) atoms. The molecular formula is C10H8F2O. The summed E-state index contributed by atoms with van der Waals surface area (Å²) in [5.41, 5.74) is 0.324. The van der Waals surface area contributed by atoms with Gasteiger partial charge in [-0.15, -0.1) is 0 Å². The molecule has 0 aliphatic carbocycles. The van der Waals surface area contributed by atoms with Gasteiger partial charge in [0.1, 0.15) is 6.29 Å². The molecule has 0 amide bonds. The maximum atomic E-state index is 12.3. The Bertz CT molecular complexity index is 318. The van der Waals surface area contributed by atoms with Crippen molar-refractivity contribution in [1.82, 2.24) is 0 Å². The van der Waals surface area contributed by atoms with Crippen molar-refractivity contribution in [2.45, 2.75) is 6.43 Å². The van der Waals surface area contributed by atoms with Gasteiger partial charge in [0.15, 0.2) is 0 Å². The van der Waals surface area contributed by atoms with E-state index in [9.17, 15) is 13.6 Å². The van der Waals surface area contributed by atoms with Crippen LogP contribution in [0.2, 0.25) is 0 Å². The molecular weight excluding hydrogens is 174 g/mol. The molecule has 0 heterocycles. The Morgan fingerprint density at radius 1 is 1.23 bits per heavy atom. The molecule has 0 bridgehead atoms. The fourth-order valence-electron chi connectivity index (χ4n) is 1.00. The molecule has 68 valence electrons. The lowest BCUT2D eigenvalue weighted by atomic mass is 10.1. The number of halogens is 2. The molecule has 0 aliphatic heterocycles. The number of rotatable bonds is 3. The van der Waals surface area contributed by atoms with Gasteiger partial charge in [-0.1, -0.05) is 30.3 Å². The summed E-state index contributed by atoms with van der Waals surface area (Å²) in [4.78, 5) is 9.99. The van der Waals surface area contributed by atoms with Crippen LogP contribution in [-0.2, 0) is 4.79 Å². The summed E-state index contributed by atoms with van der Waals surface area (Å²) in [5, 5.41) is 0. The molecule has 0 saturated heterocycles. The number of benzene rings is 1. The van der Waals surface area contributed by atoms with Gasteiger partial charge in [0.2, 0.25) is 0 Å². The highest BCUT2D eigenvalue weighted by Crippen LogP contribution is 2.23. The molecule has 1 nitrogen and oxygen atoms in total. The molecule has 0 N–H and O–H groups in total. The van der Waals surface area contributed by atoms with E-state index in [-0.39, 0.29) is 5.56 Å². The average molecular weight is 182 g/mol. The summed E-state index contributed by atoms with van der Waals surface area (Å²) in [7, 11) is 0. The average Bonchev–Trinajstić information content (AvgIpc) is 2.15. The Hall–Kier alpha value is -1.51. The second-order valence-electron chi connectivity index (χ2n) is 2.42. The van der Waals surface area contributed by atoms with Crippen molar-refractivity contribution >= 4 is 12.4 Å². The third-order valence-electron chi connectivity index (χ3n) is 1.59. The Morgan fingerprint density at radius 2 is 1.92 bits per heavy atom. The van der Waals surface area contributed by atoms with Crippen molar-refractivity contribution in [1.29, 1.82) is 0 Å². The van der Waals surface area contributed by atoms with Gasteiger partial charge in [-0.05, 0) is 11.6 Å². The van der Waals surface area contributed by atoms with Crippen molar-refractivity contribution in [3.8, 4) is 0 Å². The summed E-state index contributed by atoms with van der Waals surface area (Å²) >= 11 is 0. The van der Waals surface area contributed by atoms with Crippen LogP contribution in [0.15, 0.2) is 30.3 Å². The van der Waals surface area contributed by atoms with E-state index in [1.807, 2.05) is 0 Å². The van der Waals surface area contributed by atoms with Crippen LogP contribution in [0.3, 0.4) is 0 Å². The van der Waals surface area contributed by atoms with Gasteiger partial charge in [0.25, 0.3) is 6.43 Å². The van der Waals surface area contributed by atoms with Crippen LogP contribution >= 0.6 is 0 Å². The van der Waals surface area contributed by atoms with E-state index >= 15 is 0 Å². The zero-order chi connectivity index (χ0) is 9.68. The molecule has 0 saturated carbocycles. The normalized spacial score (nSPS) is 11.0. The van der Waals surface area contributed by atoms with E-state index in [2.05, 4.69) is 0 Å². The molecule has 0 spiro atoms. The minimum absolute atomic E-state index is 0.0550. The fraction of sp³-hybridized carbons (Fsp3) is 0.100. The van der Waals surface area contributed by atoms with Gasteiger partial charge >= 0.3 is 0 Å². The van der Waals surface area contributed by atoms with Crippen LogP contribution < -0.4 is 0 Å². The number of allylic oxidation sites excluding steroid dienone is 1. The van der Waals surface area contributed by atoms with Crippen LogP contribution in [0.25, 0.3) is 6.08 Å². The second kappa shape index (κ2) is 4.50. The lowest BCUT2D eigenvalue weighted by molar-refractivity contribution is -0.104. The Morgan fingerprint density at radius 3 is 2.54 bits per heavy atom. The first-order valence-corrected chi connectivity index (χ1v) is 3.74. The number of carbonyl (C=O) groups is 1. The standard InChI is InChI=1S/C10H8F2O/c11-10(12)9-6-2-1-4-8(9)5-3-7-13/h1-7,10H/b5-3+. The monoisotopic (exact) mass is 182 g/mol.